The second-order valence-corrected chi connectivity index (χ2v) is 9.73. The molecule has 3 aromatic rings. The first-order valence-electron chi connectivity index (χ1n) is 12.5. The van der Waals surface area contributed by atoms with Crippen LogP contribution in [-0.2, 0) is 7.05 Å². The minimum absolute atomic E-state index is 0.207. The monoisotopic (exact) mass is 473 g/mol. The summed E-state index contributed by atoms with van der Waals surface area (Å²) >= 11 is 0. The van der Waals surface area contributed by atoms with Crippen molar-refractivity contribution in [2.75, 3.05) is 23.3 Å². The normalized spacial score (nSPS) is 18.6. The fourth-order valence-corrected chi connectivity index (χ4v) is 5.36. The Labute approximate surface area is 205 Å². The van der Waals surface area contributed by atoms with Gasteiger partial charge in [0, 0.05) is 55.3 Å². The Kier molecular flexibility index (Phi) is 6.66. The lowest BCUT2D eigenvalue weighted by molar-refractivity contribution is 0.497. The number of anilines is 2. The van der Waals surface area contributed by atoms with Gasteiger partial charge in [-0.25, -0.2) is 9.37 Å². The third-order valence-electron chi connectivity index (χ3n) is 7.40. The third-order valence-corrected chi connectivity index (χ3v) is 7.40. The van der Waals surface area contributed by atoms with Crippen molar-refractivity contribution in [3.05, 3.63) is 82.8 Å². The predicted octanol–water partition coefficient (Wildman–Crippen LogP) is 5.48. The van der Waals surface area contributed by atoms with E-state index in [0.29, 0.717) is 23.5 Å². The van der Waals surface area contributed by atoms with Gasteiger partial charge in [0.1, 0.15) is 0 Å². The number of nitrogens with zero attached hydrogens (tertiary/aromatic N) is 4. The molecule has 3 heterocycles. The standard InChI is InChI=1S/C28H32FN5O/c1-19(20-6-3-4-7-20)31-23-11-9-21(10-12-23)22-8-5-15-34(18-22)28-32-26(16-27(35)33(28)2)24-13-14-30-17-25(24)29/h9-14,16-17,20,22,31H,1,3-8,15,18H2,2H3/t22-/m1/s1. The molecule has 6 nitrogen and oxygen atoms in total. The number of hydrogen-bond acceptors (Lipinski definition) is 5. The van der Waals surface area contributed by atoms with Gasteiger partial charge in [-0.05, 0) is 55.4 Å². The number of nitrogens with one attached hydrogen (secondary N) is 1. The summed E-state index contributed by atoms with van der Waals surface area (Å²) < 4.78 is 15.9. The van der Waals surface area contributed by atoms with E-state index in [1.165, 1.54) is 43.5 Å². The Bertz CT molecular complexity index is 1260. The van der Waals surface area contributed by atoms with Crippen LogP contribution >= 0.6 is 0 Å². The van der Waals surface area contributed by atoms with Gasteiger partial charge in [0.05, 0.1) is 11.9 Å². The smallest absolute Gasteiger partial charge is 0.255 e. The van der Waals surface area contributed by atoms with Gasteiger partial charge in [0.15, 0.2) is 5.82 Å². The zero-order valence-corrected chi connectivity index (χ0v) is 20.2. The molecule has 1 N–H and O–H groups in total. The lowest BCUT2D eigenvalue weighted by Crippen LogP contribution is -2.38. The largest absolute Gasteiger partial charge is 0.359 e. The van der Waals surface area contributed by atoms with E-state index in [1.807, 2.05) is 0 Å². The quantitative estimate of drug-likeness (QED) is 0.514. The van der Waals surface area contributed by atoms with Gasteiger partial charge in [-0.3, -0.25) is 14.3 Å². The summed E-state index contributed by atoms with van der Waals surface area (Å²) in [5.41, 5.74) is 3.89. The molecule has 2 fully saturated rings. The zero-order valence-electron chi connectivity index (χ0n) is 20.2. The fraction of sp³-hybridized carbons (Fsp3) is 0.393. The fourth-order valence-electron chi connectivity index (χ4n) is 5.36. The van der Waals surface area contributed by atoms with E-state index in [9.17, 15) is 9.18 Å². The van der Waals surface area contributed by atoms with Crippen molar-refractivity contribution in [1.82, 2.24) is 14.5 Å². The lowest BCUT2D eigenvalue weighted by atomic mass is 9.90. The molecule has 1 atom stereocenters. The third kappa shape index (κ3) is 4.99. The molecule has 1 aromatic carbocycles. The summed E-state index contributed by atoms with van der Waals surface area (Å²) in [4.78, 5) is 23.4. The van der Waals surface area contributed by atoms with Crippen molar-refractivity contribution >= 4 is 11.6 Å². The minimum atomic E-state index is -0.486. The summed E-state index contributed by atoms with van der Waals surface area (Å²) in [6.07, 6.45) is 9.77. The van der Waals surface area contributed by atoms with Crippen molar-refractivity contribution in [3.8, 4) is 11.3 Å². The molecule has 1 aliphatic carbocycles. The van der Waals surface area contributed by atoms with Gasteiger partial charge in [-0.1, -0.05) is 31.6 Å². The summed E-state index contributed by atoms with van der Waals surface area (Å²) in [6.45, 7) is 5.82. The summed E-state index contributed by atoms with van der Waals surface area (Å²) in [5.74, 6) is 0.991. The second kappa shape index (κ2) is 10.0. The Balaban J connectivity index is 1.33. The van der Waals surface area contributed by atoms with E-state index in [0.717, 1.165) is 43.5 Å². The Morgan fingerprint density at radius 3 is 2.63 bits per heavy atom. The number of pyridine rings is 1. The molecule has 0 amide bonds. The number of hydrogen-bond donors (Lipinski definition) is 1. The molecule has 1 saturated carbocycles. The molecular formula is C28H32FN5O. The second-order valence-electron chi connectivity index (χ2n) is 9.73. The Hall–Kier alpha value is -3.48. The number of piperidine rings is 1. The van der Waals surface area contributed by atoms with Crippen LogP contribution in [0.3, 0.4) is 0 Å². The van der Waals surface area contributed by atoms with Gasteiger partial charge in [0.25, 0.3) is 5.56 Å². The van der Waals surface area contributed by atoms with Crippen LogP contribution in [-0.4, -0.2) is 27.6 Å². The van der Waals surface area contributed by atoms with Crippen LogP contribution in [0.1, 0.15) is 50.0 Å². The lowest BCUT2D eigenvalue weighted by Gasteiger charge is -2.34. The van der Waals surface area contributed by atoms with Crippen LogP contribution in [0.15, 0.2) is 65.9 Å². The van der Waals surface area contributed by atoms with Crippen LogP contribution in [0.2, 0.25) is 0 Å². The summed E-state index contributed by atoms with van der Waals surface area (Å²) in [5, 5.41) is 3.50. The highest BCUT2D eigenvalue weighted by atomic mass is 19.1. The number of benzene rings is 1. The van der Waals surface area contributed by atoms with E-state index in [1.54, 1.807) is 17.7 Å². The number of rotatable bonds is 6. The first-order chi connectivity index (χ1) is 17.0. The Morgan fingerprint density at radius 1 is 1.11 bits per heavy atom. The van der Waals surface area contributed by atoms with Crippen molar-refractivity contribution in [1.29, 1.82) is 0 Å². The molecule has 0 bridgehead atoms. The Morgan fingerprint density at radius 2 is 1.89 bits per heavy atom. The highest BCUT2D eigenvalue weighted by molar-refractivity contribution is 5.60. The molecule has 1 saturated heterocycles. The molecule has 0 unspecified atom stereocenters. The molecule has 2 aliphatic rings. The number of aromatic nitrogens is 3. The van der Waals surface area contributed by atoms with Gasteiger partial charge >= 0.3 is 0 Å². The molecule has 5 rings (SSSR count). The maximum absolute atomic E-state index is 14.3. The van der Waals surface area contributed by atoms with E-state index in [2.05, 4.69) is 46.0 Å². The van der Waals surface area contributed by atoms with E-state index < -0.39 is 5.82 Å². The molecule has 0 spiro atoms. The molecule has 7 heteroatoms. The molecule has 1 aliphatic heterocycles. The van der Waals surface area contributed by atoms with Gasteiger partial charge in [-0.2, -0.15) is 0 Å². The van der Waals surface area contributed by atoms with E-state index in [-0.39, 0.29) is 11.1 Å². The first-order valence-corrected chi connectivity index (χ1v) is 12.5. The predicted molar refractivity (Wildman–Crippen MR) is 138 cm³/mol. The maximum atomic E-state index is 14.3. The average Bonchev–Trinajstić information content (AvgIpc) is 3.42. The summed E-state index contributed by atoms with van der Waals surface area (Å²) in [6, 6.07) is 11.6. The van der Waals surface area contributed by atoms with E-state index in [4.69, 9.17) is 4.98 Å². The molecule has 35 heavy (non-hydrogen) atoms. The molecule has 0 radical (unpaired) electrons. The van der Waals surface area contributed by atoms with Gasteiger partial charge in [0.2, 0.25) is 5.95 Å². The van der Waals surface area contributed by atoms with Crippen LogP contribution in [0.5, 0.6) is 0 Å². The van der Waals surface area contributed by atoms with Crippen molar-refractivity contribution < 1.29 is 4.39 Å². The maximum Gasteiger partial charge on any atom is 0.255 e. The van der Waals surface area contributed by atoms with Gasteiger partial charge in [-0.15, -0.1) is 0 Å². The SMILES string of the molecule is C=C(Nc1ccc([C@@H]2CCCN(c3nc(-c4ccncc4F)cc(=O)n3C)C2)cc1)C1CCCC1. The average molecular weight is 474 g/mol. The molecule has 182 valence electrons. The number of allylic oxidation sites excluding steroid dienone is 1. The summed E-state index contributed by atoms with van der Waals surface area (Å²) in [7, 11) is 1.72. The van der Waals surface area contributed by atoms with Crippen LogP contribution in [0.25, 0.3) is 11.3 Å². The van der Waals surface area contributed by atoms with Crippen molar-refractivity contribution in [3.63, 3.8) is 0 Å². The van der Waals surface area contributed by atoms with Crippen LogP contribution in [0.4, 0.5) is 16.0 Å². The highest BCUT2D eigenvalue weighted by Crippen LogP contribution is 2.33. The number of halogens is 1. The topological polar surface area (TPSA) is 63.0 Å². The van der Waals surface area contributed by atoms with Crippen LogP contribution in [0, 0.1) is 11.7 Å². The molecular weight excluding hydrogens is 441 g/mol. The van der Waals surface area contributed by atoms with Crippen molar-refractivity contribution in [2.45, 2.75) is 44.4 Å². The first kappa shape index (κ1) is 23.3. The van der Waals surface area contributed by atoms with E-state index >= 15 is 0 Å². The molecule has 2 aromatic heterocycles. The van der Waals surface area contributed by atoms with Crippen LogP contribution < -0.4 is 15.8 Å². The highest BCUT2D eigenvalue weighted by Gasteiger charge is 2.25. The zero-order chi connectivity index (χ0) is 24.4. The van der Waals surface area contributed by atoms with Gasteiger partial charge < -0.3 is 10.2 Å². The van der Waals surface area contributed by atoms with Crippen molar-refractivity contribution in [2.24, 2.45) is 13.0 Å². The minimum Gasteiger partial charge on any atom is -0.359 e.